The zero-order valence-electron chi connectivity index (χ0n) is 12.2. The van der Waals surface area contributed by atoms with Gasteiger partial charge in [-0.05, 0) is 37.4 Å². The Balaban J connectivity index is 2.11. The van der Waals surface area contributed by atoms with Crippen molar-refractivity contribution in [3.8, 4) is 0 Å². The fraction of sp³-hybridized carbons (Fsp3) is 0.615. The van der Waals surface area contributed by atoms with Crippen molar-refractivity contribution in [2.45, 2.75) is 52.1 Å². The van der Waals surface area contributed by atoms with E-state index in [4.69, 9.17) is 5.84 Å². The number of aromatic nitrogens is 4. The highest BCUT2D eigenvalue weighted by Gasteiger charge is 2.18. The Bertz CT molecular complexity index is 530. The first-order chi connectivity index (χ1) is 9.69. The maximum Gasteiger partial charge on any atom is 0.0773 e. The summed E-state index contributed by atoms with van der Waals surface area (Å²) in [4.78, 5) is 1.07. The van der Waals surface area contributed by atoms with Gasteiger partial charge in [-0.3, -0.25) is 16.0 Å². The molecular formula is C13H22N6S. The molecule has 0 bridgehead atoms. The fourth-order valence-corrected chi connectivity index (χ4v) is 3.05. The molecule has 2 aromatic heterocycles. The summed E-state index contributed by atoms with van der Waals surface area (Å²) in [5, 5.41) is 8.70. The summed E-state index contributed by atoms with van der Waals surface area (Å²) in [6, 6.07) is 2.55. The van der Waals surface area contributed by atoms with E-state index in [-0.39, 0.29) is 6.04 Å². The Morgan fingerprint density at radius 3 is 2.70 bits per heavy atom. The number of aryl methyl sites for hydroxylation is 1. The number of nitrogens with zero attached hydrogens (tertiary/aromatic N) is 4. The minimum Gasteiger partial charge on any atom is -0.271 e. The van der Waals surface area contributed by atoms with Crippen molar-refractivity contribution in [1.29, 1.82) is 0 Å². The van der Waals surface area contributed by atoms with Crippen LogP contribution in [0.1, 0.15) is 55.0 Å². The topological polar surface area (TPSA) is 81.7 Å². The van der Waals surface area contributed by atoms with Gasteiger partial charge in [0.15, 0.2) is 0 Å². The van der Waals surface area contributed by atoms with Gasteiger partial charge in [-0.1, -0.05) is 18.3 Å². The molecule has 1 unspecified atom stereocenters. The summed E-state index contributed by atoms with van der Waals surface area (Å²) < 4.78 is 6.02. The first-order valence-corrected chi connectivity index (χ1v) is 7.75. The molecule has 0 saturated heterocycles. The van der Waals surface area contributed by atoms with Crippen LogP contribution in [0, 0.1) is 6.92 Å². The van der Waals surface area contributed by atoms with Crippen LogP contribution in [-0.4, -0.2) is 19.4 Å². The molecule has 20 heavy (non-hydrogen) atoms. The van der Waals surface area contributed by atoms with E-state index in [1.54, 1.807) is 0 Å². The van der Waals surface area contributed by atoms with E-state index in [1.165, 1.54) is 11.5 Å². The fourth-order valence-electron chi connectivity index (χ4n) is 2.35. The number of nitrogens with two attached hydrogens (primary N) is 1. The molecule has 2 rings (SSSR count). The lowest BCUT2D eigenvalue weighted by Crippen LogP contribution is -2.29. The predicted octanol–water partition coefficient (Wildman–Crippen LogP) is 2.15. The van der Waals surface area contributed by atoms with Gasteiger partial charge in [-0.2, -0.15) is 5.10 Å². The summed E-state index contributed by atoms with van der Waals surface area (Å²) >= 11 is 1.39. The Hall–Kier alpha value is -1.31. The predicted molar refractivity (Wildman–Crippen MR) is 80.3 cm³/mol. The lowest BCUT2D eigenvalue weighted by atomic mass is 10.1. The Kier molecular flexibility index (Phi) is 5.22. The average molecular weight is 294 g/mol. The summed E-state index contributed by atoms with van der Waals surface area (Å²) in [6.45, 7) is 6.32. The average Bonchev–Trinajstić information content (AvgIpc) is 3.07. The molecule has 6 nitrogen and oxygen atoms in total. The number of rotatable bonds is 7. The number of hydrazine groups is 1. The molecule has 1 atom stereocenters. The van der Waals surface area contributed by atoms with Crippen molar-refractivity contribution in [2.75, 3.05) is 0 Å². The third-order valence-electron chi connectivity index (χ3n) is 3.60. The monoisotopic (exact) mass is 294 g/mol. The van der Waals surface area contributed by atoms with E-state index in [0.717, 1.165) is 35.5 Å². The minimum absolute atomic E-state index is 0.0139. The second-order valence-corrected chi connectivity index (χ2v) is 5.69. The summed E-state index contributed by atoms with van der Waals surface area (Å²) in [7, 11) is 0. The van der Waals surface area contributed by atoms with Crippen molar-refractivity contribution < 1.29 is 0 Å². The molecule has 0 aliphatic rings. The van der Waals surface area contributed by atoms with Gasteiger partial charge in [0, 0.05) is 12.6 Å². The molecule has 3 N–H and O–H groups in total. The van der Waals surface area contributed by atoms with Gasteiger partial charge in [0.1, 0.15) is 0 Å². The van der Waals surface area contributed by atoms with Crippen molar-refractivity contribution in [2.24, 2.45) is 5.84 Å². The first-order valence-electron chi connectivity index (χ1n) is 6.98. The molecule has 0 aliphatic heterocycles. The van der Waals surface area contributed by atoms with E-state index < -0.39 is 0 Å². The van der Waals surface area contributed by atoms with Crippen LogP contribution in [0.3, 0.4) is 0 Å². The maximum absolute atomic E-state index is 5.67. The third kappa shape index (κ3) is 3.23. The molecule has 0 radical (unpaired) electrons. The lowest BCUT2D eigenvalue weighted by Gasteiger charge is -2.14. The standard InChI is InChI=1S/C13H22N6S/c1-4-11(5-2)19-7-6-10(17-19)8-12(15-14)13-9(3)16-18-20-13/h6-7,11-12,15H,4-5,8,14H2,1-3H3. The highest BCUT2D eigenvalue weighted by molar-refractivity contribution is 7.05. The van der Waals surface area contributed by atoms with E-state index in [0.29, 0.717) is 6.04 Å². The molecule has 0 amide bonds. The normalized spacial score (nSPS) is 13.1. The third-order valence-corrected chi connectivity index (χ3v) is 4.54. The molecule has 0 spiro atoms. The van der Waals surface area contributed by atoms with E-state index in [1.807, 2.05) is 6.92 Å². The Morgan fingerprint density at radius 1 is 1.40 bits per heavy atom. The van der Waals surface area contributed by atoms with Gasteiger partial charge in [-0.25, -0.2) is 0 Å². The van der Waals surface area contributed by atoms with Gasteiger partial charge in [-0.15, -0.1) is 5.10 Å². The molecule has 110 valence electrons. The van der Waals surface area contributed by atoms with Crippen LogP contribution in [0.15, 0.2) is 12.3 Å². The molecule has 0 fully saturated rings. The van der Waals surface area contributed by atoms with Crippen molar-refractivity contribution in [1.82, 2.24) is 24.8 Å². The Morgan fingerprint density at radius 2 is 2.15 bits per heavy atom. The van der Waals surface area contributed by atoms with Gasteiger partial charge in [0.25, 0.3) is 0 Å². The van der Waals surface area contributed by atoms with Gasteiger partial charge >= 0.3 is 0 Å². The van der Waals surface area contributed by atoms with Gasteiger partial charge in [0.05, 0.1) is 28.3 Å². The highest BCUT2D eigenvalue weighted by Crippen LogP contribution is 2.23. The zero-order chi connectivity index (χ0) is 14.5. The van der Waals surface area contributed by atoms with Crippen LogP contribution in [0.5, 0.6) is 0 Å². The van der Waals surface area contributed by atoms with Crippen LogP contribution in [-0.2, 0) is 6.42 Å². The van der Waals surface area contributed by atoms with Crippen LogP contribution in [0.25, 0.3) is 0 Å². The zero-order valence-corrected chi connectivity index (χ0v) is 13.0. The largest absolute Gasteiger partial charge is 0.271 e. The lowest BCUT2D eigenvalue weighted by molar-refractivity contribution is 0.422. The molecule has 2 aromatic rings. The second-order valence-electron chi connectivity index (χ2n) is 4.90. The smallest absolute Gasteiger partial charge is 0.0773 e. The van der Waals surface area contributed by atoms with Crippen molar-refractivity contribution in [3.63, 3.8) is 0 Å². The summed E-state index contributed by atoms with van der Waals surface area (Å²) in [5.74, 6) is 5.67. The van der Waals surface area contributed by atoms with Crippen LogP contribution in [0.4, 0.5) is 0 Å². The van der Waals surface area contributed by atoms with Gasteiger partial charge < -0.3 is 0 Å². The Labute approximate surface area is 123 Å². The number of nitrogens with one attached hydrogen (secondary N) is 1. The summed E-state index contributed by atoms with van der Waals surface area (Å²) in [5.41, 5.74) is 4.80. The van der Waals surface area contributed by atoms with Crippen molar-refractivity contribution in [3.05, 3.63) is 28.5 Å². The maximum atomic E-state index is 5.67. The first kappa shape index (κ1) is 15.1. The minimum atomic E-state index is 0.0139. The number of hydrogen-bond donors (Lipinski definition) is 2. The molecule has 0 aromatic carbocycles. The van der Waals surface area contributed by atoms with E-state index in [2.05, 4.69) is 50.9 Å². The molecular weight excluding hydrogens is 272 g/mol. The highest BCUT2D eigenvalue weighted by atomic mass is 32.1. The van der Waals surface area contributed by atoms with E-state index >= 15 is 0 Å². The number of hydrogen-bond acceptors (Lipinski definition) is 6. The molecule has 0 saturated carbocycles. The van der Waals surface area contributed by atoms with Crippen LogP contribution >= 0.6 is 11.5 Å². The molecule has 7 heteroatoms. The van der Waals surface area contributed by atoms with Crippen LogP contribution in [0.2, 0.25) is 0 Å². The summed E-state index contributed by atoms with van der Waals surface area (Å²) in [6.07, 6.45) is 4.98. The van der Waals surface area contributed by atoms with E-state index in [9.17, 15) is 0 Å². The van der Waals surface area contributed by atoms with Crippen molar-refractivity contribution >= 4 is 11.5 Å². The molecule has 2 heterocycles. The SMILES string of the molecule is CCC(CC)n1ccc(CC(NN)c2snnc2C)n1. The quantitative estimate of drug-likeness (QED) is 0.604. The molecule has 0 aliphatic carbocycles. The second kappa shape index (κ2) is 6.92. The van der Waals surface area contributed by atoms with Gasteiger partial charge in [0.2, 0.25) is 0 Å². The van der Waals surface area contributed by atoms with Crippen LogP contribution < -0.4 is 11.3 Å².